The van der Waals surface area contributed by atoms with Crippen LogP contribution < -0.4 is 5.73 Å². The van der Waals surface area contributed by atoms with E-state index in [1.165, 1.54) is 0 Å². The summed E-state index contributed by atoms with van der Waals surface area (Å²) in [5.74, 6) is 2.43. The van der Waals surface area contributed by atoms with Gasteiger partial charge in [0.2, 0.25) is 0 Å². The third-order valence-electron chi connectivity index (χ3n) is 2.89. The van der Waals surface area contributed by atoms with Crippen LogP contribution in [0.1, 0.15) is 25.1 Å². The molecule has 3 rings (SSSR count). The highest BCUT2D eigenvalue weighted by Crippen LogP contribution is 2.45. The van der Waals surface area contributed by atoms with Gasteiger partial charge >= 0.3 is 0 Å². The molecule has 2 unspecified atom stereocenters. The fraction of sp³-hybridized carbons (Fsp3) is 0.364. The van der Waals surface area contributed by atoms with Crippen molar-refractivity contribution >= 4 is 5.69 Å². The van der Waals surface area contributed by atoms with Crippen molar-refractivity contribution in [3.05, 3.63) is 24.3 Å². The number of nitrogen functional groups attached to an aromatic ring is 1. The summed E-state index contributed by atoms with van der Waals surface area (Å²) < 4.78 is 5.20. The third-order valence-corrected chi connectivity index (χ3v) is 2.89. The van der Waals surface area contributed by atoms with Crippen molar-refractivity contribution in [2.45, 2.75) is 19.3 Å². The predicted molar refractivity (Wildman–Crippen MR) is 58.5 cm³/mol. The summed E-state index contributed by atoms with van der Waals surface area (Å²) in [6.07, 6.45) is 4.40. The van der Waals surface area contributed by atoms with Crippen LogP contribution in [0.2, 0.25) is 0 Å². The van der Waals surface area contributed by atoms with Crippen LogP contribution in [0, 0.1) is 5.92 Å². The maximum absolute atomic E-state index is 5.64. The Bertz CT molecular complexity index is 522. The van der Waals surface area contributed by atoms with Crippen molar-refractivity contribution in [2.75, 3.05) is 5.73 Å². The van der Waals surface area contributed by atoms with Crippen molar-refractivity contribution in [2.24, 2.45) is 5.92 Å². The molecule has 5 heteroatoms. The Kier molecular flexibility index (Phi) is 1.92. The molecule has 1 aliphatic rings. The molecule has 2 N–H and O–H groups in total. The Balaban J connectivity index is 1.92. The van der Waals surface area contributed by atoms with E-state index in [-0.39, 0.29) is 0 Å². The molecular weight excluding hydrogens is 204 g/mol. The van der Waals surface area contributed by atoms with E-state index in [1.807, 2.05) is 0 Å². The van der Waals surface area contributed by atoms with Gasteiger partial charge in [-0.05, 0) is 18.4 Å². The number of hydrogen-bond donors (Lipinski definition) is 1. The maximum Gasteiger partial charge on any atom is 0.259 e. The molecule has 5 nitrogen and oxygen atoms in total. The Hall–Kier alpha value is -1.91. The lowest BCUT2D eigenvalue weighted by Gasteiger charge is -1.94. The summed E-state index contributed by atoms with van der Waals surface area (Å²) in [7, 11) is 0. The second-order valence-corrected chi connectivity index (χ2v) is 4.28. The van der Waals surface area contributed by atoms with Gasteiger partial charge in [-0.25, -0.2) is 0 Å². The number of pyridine rings is 1. The minimum Gasteiger partial charge on any atom is -0.397 e. The van der Waals surface area contributed by atoms with Crippen molar-refractivity contribution in [1.29, 1.82) is 0 Å². The summed E-state index contributed by atoms with van der Waals surface area (Å²) in [4.78, 5) is 8.35. The van der Waals surface area contributed by atoms with Crippen LogP contribution in [0.5, 0.6) is 0 Å². The number of rotatable bonds is 2. The molecule has 2 heterocycles. The van der Waals surface area contributed by atoms with Gasteiger partial charge in [0, 0.05) is 18.3 Å². The average molecular weight is 216 g/mol. The number of hydrogen-bond acceptors (Lipinski definition) is 5. The predicted octanol–water partition coefficient (Wildman–Crippen LogP) is 1.84. The highest BCUT2D eigenvalue weighted by atomic mass is 16.5. The van der Waals surface area contributed by atoms with E-state index < -0.39 is 0 Å². The van der Waals surface area contributed by atoms with Gasteiger partial charge in [-0.3, -0.25) is 4.98 Å². The number of anilines is 1. The molecule has 0 spiro atoms. The second kappa shape index (κ2) is 3.30. The van der Waals surface area contributed by atoms with Crippen LogP contribution in [0.3, 0.4) is 0 Å². The molecule has 2 atom stereocenters. The van der Waals surface area contributed by atoms with E-state index in [2.05, 4.69) is 22.0 Å². The van der Waals surface area contributed by atoms with Crippen molar-refractivity contribution in [3.8, 4) is 11.5 Å². The van der Waals surface area contributed by atoms with Gasteiger partial charge in [0.1, 0.15) is 0 Å². The zero-order valence-corrected chi connectivity index (χ0v) is 8.92. The Morgan fingerprint density at radius 1 is 1.44 bits per heavy atom. The average Bonchev–Trinajstić information content (AvgIpc) is 2.81. The number of aromatic nitrogens is 3. The third kappa shape index (κ3) is 1.54. The van der Waals surface area contributed by atoms with Crippen LogP contribution in [0.15, 0.2) is 23.0 Å². The van der Waals surface area contributed by atoms with Crippen molar-refractivity contribution in [1.82, 2.24) is 15.1 Å². The van der Waals surface area contributed by atoms with Crippen LogP contribution in [0.4, 0.5) is 5.69 Å². The molecule has 2 aromatic rings. The van der Waals surface area contributed by atoms with E-state index in [4.69, 9.17) is 10.3 Å². The van der Waals surface area contributed by atoms with E-state index >= 15 is 0 Å². The molecule has 1 fully saturated rings. The van der Waals surface area contributed by atoms with Gasteiger partial charge < -0.3 is 10.3 Å². The lowest BCUT2D eigenvalue weighted by atomic mass is 10.2. The lowest BCUT2D eigenvalue weighted by molar-refractivity contribution is 0.422. The van der Waals surface area contributed by atoms with Gasteiger partial charge in [-0.1, -0.05) is 12.1 Å². The Morgan fingerprint density at radius 3 is 2.94 bits per heavy atom. The van der Waals surface area contributed by atoms with Crippen LogP contribution in [-0.4, -0.2) is 15.1 Å². The zero-order valence-electron chi connectivity index (χ0n) is 8.92. The van der Waals surface area contributed by atoms with E-state index in [1.54, 1.807) is 18.5 Å². The summed E-state index contributed by atoms with van der Waals surface area (Å²) in [6, 6.07) is 1.78. The van der Waals surface area contributed by atoms with E-state index in [0.29, 0.717) is 23.4 Å². The zero-order chi connectivity index (χ0) is 11.1. The summed E-state index contributed by atoms with van der Waals surface area (Å²) >= 11 is 0. The molecule has 1 aliphatic carbocycles. The van der Waals surface area contributed by atoms with Crippen LogP contribution in [-0.2, 0) is 0 Å². The standard InChI is InChI=1S/C11H12N4O/c1-6-2-9(6)10-14-11(16-15-10)7-3-8(12)5-13-4-7/h3-6,9H,2,12H2,1H3. The molecule has 82 valence electrons. The summed E-state index contributed by atoms with van der Waals surface area (Å²) in [6.45, 7) is 2.18. The molecule has 0 radical (unpaired) electrons. The highest BCUT2D eigenvalue weighted by molar-refractivity contribution is 5.57. The molecule has 0 amide bonds. The Morgan fingerprint density at radius 2 is 2.25 bits per heavy atom. The van der Waals surface area contributed by atoms with Crippen LogP contribution in [0.25, 0.3) is 11.5 Å². The minimum atomic E-state index is 0.464. The molecule has 0 bridgehead atoms. The molecule has 2 aromatic heterocycles. The topological polar surface area (TPSA) is 77.8 Å². The summed E-state index contributed by atoms with van der Waals surface area (Å²) in [5, 5.41) is 3.98. The first-order valence-electron chi connectivity index (χ1n) is 5.28. The second-order valence-electron chi connectivity index (χ2n) is 4.28. The molecular formula is C11H12N4O. The fourth-order valence-corrected chi connectivity index (χ4v) is 1.76. The van der Waals surface area contributed by atoms with E-state index in [0.717, 1.165) is 17.8 Å². The normalized spacial score (nSPS) is 23.3. The SMILES string of the molecule is CC1CC1c1noc(-c2cncc(N)c2)n1. The number of nitrogens with two attached hydrogens (primary N) is 1. The number of nitrogens with zero attached hydrogens (tertiary/aromatic N) is 3. The smallest absolute Gasteiger partial charge is 0.259 e. The maximum atomic E-state index is 5.64. The molecule has 0 aliphatic heterocycles. The first kappa shape index (κ1) is 9.33. The molecule has 16 heavy (non-hydrogen) atoms. The molecule has 1 saturated carbocycles. The van der Waals surface area contributed by atoms with Crippen molar-refractivity contribution < 1.29 is 4.52 Å². The molecule has 0 saturated heterocycles. The van der Waals surface area contributed by atoms with Gasteiger partial charge in [-0.15, -0.1) is 0 Å². The van der Waals surface area contributed by atoms with Crippen LogP contribution >= 0.6 is 0 Å². The van der Waals surface area contributed by atoms with Gasteiger partial charge in [0.05, 0.1) is 11.3 Å². The largest absolute Gasteiger partial charge is 0.397 e. The van der Waals surface area contributed by atoms with Crippen molar-refractivity contribution in [3.63, 3.8) is 0 Å². The van der Waals surface area contributed by atoms with Gasteiger partial charge in [0.15, 0.2) is 5.82 Å². The molecule has 0 aromatic carbocycles. The first-order valence-corrected chi connectivity index (χ1v) is 5.28. The first-order chi connectivity index (χ1) is 7.74. The fourth-order valence-electron chi connectivity index (χ4n) is 1.76. The minimum absolute atomic E-state index is 0.464. The lowest BCUT2D eigenvalue weighted by Crippen LogP contribution is -1.88. The quantitative estimate of drug-likeness (QED) is 0.828. The van der Waals surface area contributed by atoms with Gasteiger partial charge in [0.25, 0.3) is 5.89 Å². The summed E-state index contributed by atoms with van der Waals surface area (Å²) in [5.41, 5.74) is 7.01. The Labute approximate surface area is 92.7 Å². The monoisotopic (exact) mass is 216 g/mol. The highest BCUT2D eigenvalue weighted by Gasteiger charge is 2.38. The van der Waals surface area contributed by atoms with E-state index in [9.17, 15) is 0 Å². The van der Waals surface area contributed by atoms with Gasteiger partial charge in [-0.2, -0.15) is 4.98 Å².